The highest BCUT2D eigenvalue weighted by atomic mass is 16.5. The van der Waals surface area contributed by atoms with Gasteiger partial charge in [-0.25, -0.2) is 4.98 Å². The Morgan fingerprint density at radius 1 is 0.833 bits per heavy atom. The van der Waals surface area contributed by atoms with E-state index in [2.05, 4.69) is 70.5 Å². The average Bonchev–Trinajstić information content (AvgIpc) is 2.94. The van der Waals surface area contributed by atoms with Gasteiger partial charge in [0.25, 0.3) is 0 Å². The Labute approximate surface area is 212 Å². The third kappa shape index (κ3) is 5.01. The van der Waals surface area contributed by atoms with E-state index in [9.17, 15) is 5.11 Å². The molecule has 3 aromatic carbocycles. The molecule has 0 bridgehead atoms. The van der Waals surface area contributed by atoms with E-state index < -0.39 is 0 Å². The molecule has 0 atom stereocenters. The highest BCUT2D eigenvalue weighted by Gasteiger charge is 2.30. The van der Waals surface area contributed by atoms with Crippen LogP contribution in [0, 0.1) is 0 Å². The second-order valence-electron chi connectivity index (χ2n) is 8.99. The number of hydrogen-bond donors (Lipinski definition) is 1. The van der Waals surface area contributed by atoms with Crippen LogP contribution in [-0.4, -0.2) is 61.5 Å². The van der Waals surface area contributed by atoms with Gasteiger partial charge >= 0.3 is 0 Å². The van der Waals surface area contributed by atoms with Crippen molar-refractivity contribution >= 4 is 16.6 Å². The van der Waals surface area contributed by atoms with Crippen molar-refractivity contribution in [1.82, 2.24) is 9.88 Å². The summed E-state index contributed by atoms with van der Waals surface area (Å²) in [7, 11) is 1.71. The Morgan fingerprint density at radius 3 is 2.06 bits per heavy atom. The van der Waals surface area contributed by atoms with Crippen molar-refractivity contribution in [3.63, 3.8) is 0 Å². The van der Waals surface area contributed by atoms with E-state index in [-0.39, 0.29) is 12.6 Å². The van der Waals surface area contributed by atoms with E-state index in [1.807, 2.05) is 24.3 Å². The highest BCUT2D eigenvalue weighted by Crippen LogP contribution is 2.43. The molecule has 0 radical (unpaired) electrons. The van der Waals surface area contributed by atoms with E-state index in [0.717, 1.165) is 48.5 Å². The summed E-state index contributed by atoms with van der Waals surface area (Å²) < 4.78 is 12.0. The zero-order valence-corrected chi connectivity index (χ0v) is 20.7. The SMILES string of the molecule is COc1c(N2CCN(C(c3ccccc3)c3ccccc3)CC2)c(OCCCO)nc2ccccc12. The molecule has 1 N–H and O–H groups in total. The molecule has 4 aromatic rings. The van der Waals surface area contributed by atoms with Gasteiger partial charge in [0.1, 0.15) is 5.69 Å². The van der Waals surface area contributed by atoms with Gasteiger partial charge in [-0.3, -0.25) is 4.90 Å². The predicted molar refractivity (Wildman–Crippen MR) is 144 cm³/mol. The quantitative estimate of drug-likeness (QED) is 0.341. The molecule has 1 aliphatic heterocycles. The lowest BCUT2D eigenvalue weighted by atomic mass is 9.96. The summed E-state index contributed by atoms with van der Waals surface area (Å²) in [4.78, 5) is 9.72. The number of aromatic nitrogens is 1. The molecule has 186 valence electrons. The summed E-state index contributed by atoms with van der Waals surface area (Å²) in [6.45, 7) is 3.91. The van der Waals surface area contributed by atoms with Crippen molar-refractivity contribution in [2.75, 3.05) is 51.4 Å². The Balaban J connectivity index is 1.45. The van der Waals surface area contributed by atoms with Crippen molar-refractivity contribution in [3.05, 3.63) is 96.1 Å². The monoisotopic (exact) mass is 483 g/mol. The first-order chi connectivity index (χ1) is 17.8. The standard InChI is InChI=1S/C30H33N3O3/c1-35-29-25-15-8-9-16-26(25)31-30(36-22-10-21-34)28(29)33-19-17-32(18-20-33)27(23-11-4-2-5-12-23)24-13-6-3-7-14-24/h2-9,11-16,27,34H,10,17-22H2,1H3. The molecular formula is C30H33N3O3. The lowest BCUT2D eigenvalue weighted by molar-refractivity contribution is 0.209. The number of pyridine rings is 1. The molecule has 6 nitrogen and oxygen atoms in total. The maximum atomic E-state index is 9.26. The number of aliphatic hydroxyl groups is 1. The summed E-state index contributed by atoms with van der Waals surface area (Å²) in [6, 6.07) is 29.7. The van der Waals surface area contributed by atoms with Gasteiger partial charge in [-0.1, -0.05) is 72.8 Å². The molecule has 0 unspecified atom stereocenters. The molecule has 2 heterocycles. The number of aliphatic hydroxyl groups excluding tert-OH is 1. The lowest BCUT2D eigenvalue weighted by Gasteiger charge is -2.41. The van der Waals surface area contributed by atoms with Crippen LogP contribution in [0.15, 0.2) is 84.9 Å². The molecule has 6 heteroatoms. The molecule has 36 heavy (non-hydrogen) atoms. The number of hydrogen-bond acceptors (Lipinski definition) is 6. The molecule has 0 saturated carbocycles. The van der Waals surface area contributed by atoms with Gasteiger partial charge in [-0.2, -0.15) is 0 Å². The first-order valence-electron chi connectivity index (χ1n) is 12.6. The third-order valence-corrected chi connectivity index (χ3v) is 6.76. The van der Waals surface area contributed by atoms with E-state index in [1.54, 1.807) is 7.11 Å². The molecular weight excluding hydrogens is 450 g/mol. The van der Waals surface area contributed by atoms with Crippen molar-refractivity contribution in [2.24, 2.45) is 0 Å². The van der Waals surface area contributed by atoms with E-state index in [1.165, 1.54) is 11.1 Å². The topological polar surface area (TPSA) is 58.1 Å². The predicted octanol–water partition coefficient (Wildman–Crippen LogP) is 4.92. The molecule has 0 amide bonds. The van der Waals surface area contributed by atoms with Crippen molar-refractivity contribution in [3.8, 4) is 11.6 Å². The highest BCUT2D eigenvalue weighted by molar-refractivity contribution is 5.93. The summed E-state index contributed by atoms with van der Waals surface area (Å²) in [5.41, 5.74) is 4.33. The van der Waals surface area contributed by atoms with Crippen LogP contribution < -0.4 is 14.4 Å². The molecule has 1 aliphatic rings. The van der Waals surface area contributed by atoms with Gasteiger partial charge in [-0.05, 0) is 23.3 Å². The van der Waals surface area contributed by atoms with Gasteiger partial charge in [0, 0.05) is 44.6 Å². The summed E-state index contributed by atoms with van der Waals surface area (Å²) in [6.07, 6.45) is 0.555. The maximum absolute atomic E-state index is 9.26. The fourth-order valence-corrected chi connectivity index (χ4v) is 5.06. The Morgan fingerprint density at radius 2 is 1.44 bits per heavy atom. The fraction of sp³-hybridized carbons (Fsp3) is 0.300. The first-order valence-corrected chi connectivity index (χ1v) is 12.6. The largest absolute Gasteiger partial charge is 0.494 e. The average molecular weight is 484 g/mol. The van der Waals surface area contributed by atoms with Crippen LogP contribution in [-0.2, 0) is 0 Å². The van der Waals surface area contributed by atoms with E-state index >= 15 is 0 Å². The smallest absolute Gasteiger partial charge is 0.242 e. The minimum atomic E-state index is 0.0824. The Bertz CT molecular complexity index is 1220. The minimum Gasteiger partial charge on any atom is -0.494 e. The number of fused-ring (bicyclic) bond motifs is 1. The molecule has 1 aromatic heterocycles. The molecule has 5 rings (SSSR count). The number of ether oxygens (including phenoxy) is 2. The second-order valence-corrected chi connectivity index (χ2v) is 8.99. The maximum Gasteiger partial charge on any atom is 0.242 e. The van der Waals surface area contributed by atoms with Crippen LogP contribution >= 0.6 is 0 Å². The molecule has 1 fully saturated rings. The number of para-hydroxylation sites is 1. The van der Waals surface area contributed by atoms with E-state index in [0.29, 0.717) is 18.9 Å². The normalized spacial score (nSPS) is 14.4. The van der Waals surface area contributed by atoms with Gasteiger partial charge in [-0.15, -0.1) is 0 Å². The van der Waals surface area contributed by atoms with Crippen LogP contribution in [0.1, 0.15) is 23.6 Å². The summed E-state index contributed by atoms with van der Waals surface area (Å²) in [5, 5.41) is 10.2. The van der Waals surface area contributed by atoms with Gasteiger partial charge < -0.3 is 19.5 Å². The Kier molecular flexibility index (Phi) is 7.64. The van der Waals surface area contributed by atoms with Crippen molar-refractivity contribution in [1.29, 1.82) is 0 Å². The van der Waals surface area contributed by atoms with Crippen LogP contribution in [0.4, 0.5) is 5.69 Å². The number of nitrogens with zero attached hydrogens (tertiary/aromatic N) is 3. The van der Waals surface area contributed by atoms with Crippen LogP contribution in [0.25, 0.3) is 10.9 Å². The molecule has 0 spiro atoms. The third-order valence-electron chi connectivity index (χ3n) is 6.76. The minimum absolute atomic E-state index is 0.0824. The number of rotatable bonds is 9. The number of piperazine rings is 1. The van der Waals surface area contributed by atoms with Crippen molar-refractivity contribution < 1.29 is 14.6 Å². The van der Waals surface area contributed by atoms with Gasteiger partial charge in [0.05, 0.1) is 25.3 Å². The second kappa shape index (κ2) is 11.4. The molecule has 1 saturated heterocycles. The summed E-state index contributed by atoms with van der Waals surface area (Å²) >= 11 is 0. The zero-order valence-electron chi connectivity index (χ0n) is 20.7. The van der Waals surface area contributed by atoms with Crippen molar-refractivity contribution in [2.45, 2.75) is 12.5 Å². The fourth-order valence-electron chi connectivity index (χ4n) is 5.06. The van der Waals surface area contributed by atoms with Crippen LogP contribution in [0.5, 0.6) is 11.6 Å². The van der Waals surface area contributed by atoms with E-state index in [4.69, 9.17) is 14.5 Å². The first kappa shape index (κ1) is 24.1. The summed E-state index contributed by atoms with van der Waals surface area (Å²) in [5.74, 6) is 1.35. The zero-order chi connectivity index (χ0) is 24.7. The molecule has 0 aliphatic carbocycles. The van der Waals surface area contributed by atoms with Gasteiger partial charge in [0.2, 0.25) is 5.88 Å². The lowest BCUT2D eigenvalue weighted by Crippen LogP contribution is -2.48. The number of methoxy groups -OCH3 is 1. The van der Waals surface area contributed by atoms with Gasteiger partial charge in [0.15, 0.2) is 5.75 Å². The number of anilines is 1. The number of benzene rings is 3. The Hall–Kier alpha value is -3.61. The van der Waals surface area contributed by atoms with Crippen LogP contribution in [0.2, 0.25) is 0 Å². The van der Waals surface area contributed by atoms with Crippen LogP contribution in [0.3, 0.4) is 0 Å².